The summed E-state index contributed by atoms with van der Waals surface area (Å²) < 4.78 is 7.27. The maximum absolute atomic E-state index is 13.1. The molecule has 128 valence electrons. The number of methoxy groups -OCH3 is 1. The van der Waals surface area contributed by atoms with E-state index in [9.17, 15) is 4.79 Å². The van der Waals surface area contributed by atoms with Gasteiger partial charge in [-0.2, -0.15) is 0 Å². The van der Waals surface area contributed by atoms with Gasteiger partial charge in [-0.05, 0) is 27.3 Å². The Morgan fingerprint density at radius 1 is 1.48 bits per heavy atom. The van der Waals surface area contributed by atoms with Crippen molar-refractivity contribution < 1.29 is 9.53 Å². The second kappa shape index (κ2) is 6.24. The first-order valence-electron chi connectivity index (χ1n) is 8.48. The number of carbonyl (C=O) groups is 1. The molecule has 0 aliphatic carbocycles. The highest BCUT2D eigenvalue weighted by Gasteiger charge is 2.56. The fourth-order valence-corrected chi connectivity index (χ4v) is 4.08. The van der Waals surface area contributed by atoms with Crippen LogP contribution in [0, 0.1) is 5.41 Å². The van der Waals surface area contributed by atoms with Crippen molar-refractivity contribution in [2.75, 3.05) is 46.9 Å². The van der Waals surface area contributed by atoms with Crippen LogP contribution in [0.2, 0.25) is 0 Å². The molecule has 1 spiro atoms. The van der Waals surface area contributed by atoms with Gasteiger partial charge in [0.25, 0.3) is 0 Å². The Kier molecular flexibility index (Phi) is 4.47. The van der Waals surface area contributed by atoms with E-state index in [1.165, 1.54) is 0 Å². The number of likely N-dealkylation sites (tertiary alicyclic amines) is 2. The van der Waals surface area contributed by atoms with Crippen molar-refractivity contribution in [3.8, 4) is 0 Å². The number of likely N-dealkylation sites (N-methyl/N-ethyl adjacent to an activating group) is 1. The number of imidazole rings is 1. The van der Waals surface area contributed by atoms with E-state index < -0.39 is 0 Å². The quantitative estimate of drug-likeness (QED) is 0.822. The smallest absolute Gasteiger partial charge is 0.230 e. The maximum Gasteiger partial charge on any atom is 0.230 e. The van der Waals surface area contributed by atoms with Crippen LogP contribution in [-0.2, 0) is 9.53 Å². The molecule has 0 unspecified atom stereocenters. The summed E-state index contributed by atoms with van der Waals surface area (Å²) in [6.45, 7) is 8.15. The highest BCUT2D eigenvalue weighted by molar-refractivity contribution is 5.86. The minimum absolute atomic E-state index is 0.188. The molecule has 0 saturated carbocycles. The third kappa shape index (κ3) is 2.78. The summed E-state index contributed by atoms with van der Waals surface area (Å²) in [6, 6.07) is 0.392. The summed E-state index contributed by atoms with van der Waals surface area (Å²) in [5.74, 6) is 0.468. The largest absolute Gasteiger partial charge is 0.383 e. The van der Waals surface area contributed by atoms with Crippen molar-refractivity contribution in [1.29, 1.82) is 0 Å². The van der Waals surface area contributed by atoms with Crippen molar-refractivity contribution >= 4 is 5.91 Å². The van der Waals surface area contributed by atoms with Gasteiger partial charge in [-0.3, -0.25) is 4.79 Å². The number of rotatable bonds is 5. The fraction of sp³-hybridized carbons (Fsp3) is 0.765. The van der Waals surface area contributed by atoms with Gasteiger partial charge in [0.15, 0.2) is 0 Å². The van der Waals surface area contributed by atoms with Crippen LogP contribution < -0.4 is 0 Å². The van der Waals surface area contributed by atoms with Crippen LogP contribution in [0.5, 0.6) is 0 Å². The topological polar surface area (TPSA) is 50.6 Å². The van der Waals surface area contributed by atoms with Crippen molar-refractivity contribution in [1.82, 2.24) is 19.4 Å². The van der Waals surface area contributed by atoms with Gasteiger partial charge in [0, 0.05) is 51.4 Å². The monoisotopic (exact) mass is 320 g/mol. The molecule has 2 aliphatic rings. The van der Waals surface area contributed by atoms with E-state index in [2.05, 4.69) is 41.5 Å². The third-order valence-corrected chi connectivity index (χ3v) is 5.39. The van der Waals surface area contributed by atoms with Gasteiger partial charge < -0.3 is 19.1 Å². The van der Waals surface area contributed by atoms with Crippen LogP contribution in [0.1, 0.15) is 37.9 Å². The molecular weight excluding hydrogens is 292 g/mol. The standard InChI is InChI=1S/C17H28N4O2/c1-13(2)21-10-15(18-12-21)14-9-19(3)11-17(14)5-6-20(16(17)22)7-8-23-4/h10,12-14H,5-9,11H2,1-4H3/t14-,17-/m1/s1. The van der Waals surface area contributed by atoms with Crippen molar-refractivity contribution in [3.63, 3.8) is 0 Å². The lowest BCUT2D eigenvalue weighted by atomic mass is 9.75. The summed E-state index contributed by atoms with van der Waals surface area (Å²) >= 11 is 0. The lowest BCUT2D eigenvalue weighted by Crippen LogP contribution is -2.40. The maximum atomic E-state index is 13.1. The zero-order valence-corrected chi connectivity index (χ0v) is 14.7. The van der Waals surface area contributed by atoms with Crippen molar-refractivity contribution in [2.45, 2.75) is 32.2 Å². The van der Waals surface area contributed by atoms with E-state index in [1.54, 1.807) is 7.11 Å². The van der Waals surface area contributed by atoms with Crippen LogP contribution in [0.4, 0.5) is 0 Å². The molecule has 1 amide bonds. The molecule has 1 aromatic heterocycles. The first-order chi connectivity index (χ1) is 11.0. The van der Waals surface area contributed by atoms with E-state index in [4.69, 9.17) is 4.74 Å². The average Bonchev–Trinajstić information content (AvgIpc) is 3.18. The summed E-state index contributed by atoms with van der Waals surface area (Å²) in [5.41, 5.74) is 0.753. The molecule has 23 heavy (non-hydrogen) atoms. The predicted octanol–water partition coefficient (Wildman–Crippen LogP) is 1.36. The second-order valence-electron chi connectivity index (χ2n) is 7.28. The molecule has 1 aromatic rings. The minimum Gasteiger partial charge on any atom is -0.383 e. The molecular formula is C17H28N4O2. The predicted molar refractivity (Wildman–Crippen MR) is 88.4 cm³/mol. The van der Waals surface area contributed by atoms with Gasteiger partial charge in [-0.25, -0.2) is 4.98 Å². The highest BCUT2D eigenvalue weighted by atomic mass is 16.5. The summed E-state index contributed by atoms with van der Waals surface area (Å²) in [6.07, 6.45) is 4.94. The molecule has 6 heteroatoms. The molecule has 2 fully saturated rings. The molecule has 0 radical (unpaired) electrons. The molecule has 2 atom stereocenters. The second-order valence-corrected chi connectivity index (χ2v) is 7.28. The lowest BCUT2D eigenvalue weighted by Gasteiger charge is -2.28. The van der Waals surface area contributed by atoms with E-state index in [0.29, 0.717) is 19.2 Å². The fourth-order valence-electron chi connectivity index (χ4n) is 4.08. The molecule has 3 rings (SSSR count). The van der Waals surface area contributed by atoms with Gasteiger partial charge in [-0.15, -0.1) is 0 Å². The van der Waals surface area contributed by atoms with Crippen molar-refractivity contribution in [2.24, 2.45) is 5.41 Å². The van der Waals surface area contributed by atoms with Crippen molar-refractivity contribution in [3.05, 3.63) is 18.2 Å². The molecule has 3 heterocycles. The Hall–Kier alpha value is -1.40. The Morgan fingerprint density at radius 3 is 2.91 bits per heavy atom. The van der Waals surface area contributed by atoms with Crippen LogP contribution in [-0.4, -0.2) is 72.2 Å². The summed E-state index contributed by atoms with van der Waals surface area (Å²) in [5, 5.41) is 0. The van der Waals surface area contributed by atoms with E-state index >= 15 is 0 Å². The Balaban J connectivity index is 1.86. The number of nitrogens with zero attached hydrogens (tertiary/aromatic N) is 4. The summed E-state index contributed by atoms with van der Waals surface area (Å²) in [7, 11) is 3.79. The number of hydrogen-bond acceptors (Lipinski definition) is 4. The van der Waals surface area contributed by atoms with Gasteiger partial charge in [-0.1, -0.05) is 0 Å². The third-order valence-electron chi connectivity index (χ3n) is 5.39. The minimum atomic E-state index is -0.307. The molecule has 0 N–H and O–H groups in total. The number of carbonyl (C=O) groups excluding carboxylic acids is 1. The number of aromatic nitrogens is 2. The Morgan fingerprint density at radius 2 is 2.26 bits per heavy atom. The zero-order valence-electron chi connectivity index (χ0n) is 14.7. The van der Waals surface area contributed by atoms with E-state index in [1.807, 2.05) is 11.2 Å². The summed E-state index contributed by atoms with van der Waals surface area (Å²) in [4.78, 5) is 22.0. The lowest BCUT2D eigenvalue weighted by molar-refractivity contribution is -0.136. The van der Waals surface area contributed by atoms with Crippen LogP contribution in [0.3, 0.4) is 0 Å². The zero-order chi connectivity index (χ0) is 16.6. The molecule has 0 aromatic carbocycles. The SMILES string of the molecule is COCCN1CC[C@]2(CN(C)C[C@@H]2c2cn(C(C)C)cn2)C1=O. The molecule has 6 nitrogen and oxygen atoms in total. The van der Waals surface area contributed by atoms with Gasteiger partial charge in [0.2, 0.25) is 5.91 Å². The van der Waals surface area contributed by atoms with Gasteiger partial charge >= 0.3 is 0 Å². The first-order valence-corrected chi connectivity index (χ1v) is 8.48. The van der Waals surface area contributed by atoms with Crippen LogP contribution >= 0.6 is 0 Å². The molecule has 0 bridgehead atoms. The normalized spacial score (nSPS) is 28.7. The highest BCUT2D eigenvalue weighted by Crippen LogP contribution is 2.49. The Bertz CT molecular complexity index is 571. The first kappa shape index (κ1) is 16.5. The van der Waals surface area contributed by atoms with Crippen LogP contribution in [0.15, 0.2) is 12.5 Å². The van der Waals surface area contributed by atoms with Crippen LogP contribution in [0.25, 0.3) is 0 Å². The van der Waals surface area contributed by atoms with Gasteiger partial charge in [0.05, 0.1) is 24.0 Å². The van der Waals surface area contributed by atoms with E-state index in [-0.39, 0.29) is 17.2 Å². The van der Waals surface area contributed by atoms with E-state index in [0.717, 1.165) is 31.7 Å². The Labute approximate surface area is 138 Å². The molecule has 2 saturated heterocycles. The number of ether oxygens (including phenoxy) is 1. The van der Waals surface area contributed by atoms with Gasteiger partial charge in [0.1, 0.15) is 0 Å². The number of amides is 1. The number of hydrogen-bond donors (Lipinski definition) is 0. The average molecular weight is 320 g/mol. The molecule has 2 aliphatic heterocycles.